The quantitative estimate of drug-likeness (QED) is 0.434. The van der Waals surface area contributed by atoms with Crippen LogP contribution < -0.4 is 32.9 Å². The van der Waals surface area contributed by atoms with E-state index in [9.17, 15) is 0 Å². The van der Waals surface area contributed by atoms with E-state index in [4.69, 9.17) is 0 Å². The smallest absolute Gasteiger partial charge is 0.115 e. The van der Waals surface area contributed by atoms with Gasteiger partial charge in [0.1, 0.15) is 23.2 Å². The molecule has 1 unspecified atom stereocenters. The first-order chi connectivity index (χ1) is 12.9. The van der Waals surface area contributed by atoms with E-state index in [1.165, 1.54) is 28.8 Å². The monoisotopic (exact) mass is 434 g/mol. The summed E-state index contributed by atoms with van der Waals surface area (Å²) < 4.78 is 0. The van der Waals surface area contributed by atoms with E-state index in [1.54, 1.807) is 0 Å². The van der Waals surface area contributed by atoms with Gasteiger partial charge in [-0.1, -0.05) is 66.7 Å². The fraction of sp³-hybridized carbons (Fsp3) is 0.200. The number of fused-ring (bicyclic) bond motifs is 2. The molecule has 3 aromatic rings. The first-order valence-corrected chi connectivity index (χ1v) is 11.5. The average molecular weight is 435 g/mol. The lowest BCUT2D eigenvalue weighted by Crippen LogP contribution is -3.00. The molecule has 27 heavy (non-hydrogen) atoms. The second kappa shape index (κ2) is 7.74. The van der Waals surface area contributed by atoms with Gasteiger partial charge < -0.3 is 17.0 Å². The lowest BCUT2D eigenvalue weighted by atomic mass is 10.1. The normalized spacial score (nSPS) is 23.2. The minimum atomic E-state index is -1.69. The van der Waals surface area contributed by atoms with Gasteiger partial charge in [-0.2, -0.15) is 0 Å². The van der Waals surface area contributed by atoms with Gasteiger partial charge in [0.25, 0.3) is 0 Å². The van der Waals surface area contributed by atoms with Crippen molar-refractivity contribution < 1.29 is 17.0 Å². The van der Waals surface area contributed by atoms with Crippen LogP contribution in [0.4, 0.5) is 0 Å². The fourth-order valence-electron chi connectivity index (χ4n) is 5.21. The molecule has 0 saturated heterocycles. The Hall–Kier alpha value is -1.69. The largest absolute Gasteiger partial charge is 1.00 e. The van der Waals surface area contributed by atoms with Gasteiger partial charge in [-0.15, -0.1) is 0 Å². The number of halogens is 1. The molecule has 2 aliphatic carbocycles. The summed E-state index contributed by atoms with van der Waals surface area (Å²) in [6.45, 7) is 0. The molecule has 0 amide bonds. The van der Waals surface area contributed by atoms with Crippen LogP contribution in [0.3, 0.4) is 0 Å². The third kappa shape index (κ3) is 3.02. The zero-order valence-corrected chi connectivity index (χ0v) is 17.8. The number of benzene rings is 3. The van der Waals surface area contributed by atoms with Crippen LogP contribution >= 0.6 is 7.26 Å². The van der Waals surface area contributed by atoms with Crippen molar-refractivity contribution in [3.8, 4) is 0 Å². The van der Waals surface area contributed by atoms with Crippen molar-refractivity contribution in [2.45, 2.75) is 18.5 Å². The highest BCUT2D eigenvalue weighted by atomic mass is 79.9. The highest BCUT2D eigenvalue weighted by molar-refractivity contribution is 7.96. The minimum Gasteiger partial charge on any atom is -1.00 e. The van der Waals surface area contributed by atoms with Crippen LogP contribution in [0.1, 0.15) is 12.8 Å². The first kappa shape index (κ1) is 18.7. The maximum absolute atomic E-state index is 2.52. The van der Waals surface area contributed by atoms with Crippen LogP contribution in [0.25, 0.3) is 0 Å². The maximum Gasteiger partial charge on any atom is 0.115 e. The van der Waals surface area contributed by atoms with Crippen molar-refractivity contribution in [3.63, 3.8) is 0 Å². The van der Waals surface area contributed by atoms with Gasteiger partial charge in [-0.25, -0.2) is 0 Å². The molecule has 0 spiro atoms. The SMILES string of the molecule is C1=C[C@H]2C[C@@H]1CC2[P+](c1ccccc1)(c1ccccc1)c1ccccc1.[Br-]. The first-order valence-electron chi connectivity index (χ1n) is 9.63. The van der Waals surface area contributed by atoms with E-state index in [0.717, 1.165) is 5.92 Å². The summed E-state index contributed by atoms with van der Waals surface area (Å²) in [7, 11) is -1.69. The predicted octanol–water partition coefficient (Wildman–Crippen LogP) is 1.95. The zero-order chi connectivity index (χ0) is 17.4. The number of allylic oxidation sites excluding steroid dienone is 2. The lowest BCUT2D eigenvalue weighted by molar-refractivity contribution is -0.00000498. The van der Waals surface area contributed by atoms with Crippen LogP contribution in [0.2, 0.25) is 0 Å². The third-order valence-electron chi connectivity index (χ3n) is 6.23. The van der Waals surface area contributed by atoms with Gasteiger partial charge in [0.15, 0.2) is 0 Å². The molecule has 2 heteroatoms. The van der Waals surface area contributed by atoms with Crippen molar-refractivity contribution in [1.82, 2.24) is 0 Å². The molecule has 0 aromatic heterocycles. The van der Waals surface area contributed by atoms with E-state index in [-0.39, 0.29) is 17.0 Å². The summed E-state index contributed by atoms with van der Waals surface area (Å²) in [4.78, 5) is 0. The number of hydrogen-bond acceptors (Lipinski definition) is 0. The van der Waals surface area contributed by atoms with E-state index in [1.807, 2.05) is 0 Å². The van der Waals surface area contributed by atoms with Crippen LogP contribution in [0.5, 0.6) is 0 Å². The van der Waals surface area contributed by atoms with Gasteiger partial charge in [0.05, 0.1) is 5.66 Å². The van der Waals surface area contributed by atoms with Crippen molar-refractivity contribution in [1.29, 1.82) is 0 Å². The second-order valence-electron chi connectivity index (χ2n) is 7.58. The van der Waals surface area contributed by atoms with Crippen molar-refractivity contribution in [2.75, 3.05) is 0 Å². The Balaban J connectivity index is 0.00000180. The second-order valence-corrected chi connectivity index (χ2v) is 11.2. The summed E-state index contributed by atoms with van der Waals surface area (Å²) in [5.74, 6) is 1.49. The topological polar surface area (TPSA) is 0 Å². The van der Waals surface area contributed by atoms with Gasteiger partial charge in [0.2, 0.25) is 0 Å². The number of hydrogen-bond donors (Lipinski definition) is 0. The van der Waals surface area contributed by atoms with E-state index in [0.29, 0.717) is 11.6 Å². The summed E-state index contributed by atoms with van der Waals surface area (Å²) in [5.41, 5.74) is 0.713. The molecule has 1 fully saturated rings. The van der Waals surface area contributed by atoms with E-state index >= 15 is 0 Å². The van der Waals surface area contributed by atoms with Crippen LogP contribution in [-0.4, -0.2) is 5.66 Å². The Bertz CT molecular complexity index is 808. The summed E-state index contributed by atoms with van der Waals surface area (Å²) in [6, 6.07) is 34.0. The van der Waals surface area contributed by atoms with Crippen molar-refractivity contribution in [2.24, 2.45) is 11.8 Å². The maximum atomic E-state index is 2.52. The molecule has 2 aliphatic rings. The summed E-state index contributed by atoms with van der Waals surface area (Å²) in [6.07, 6.45) is 7.66. The number of rotatable bonds is 4. The molecule has 0 radical (unpaired) electrons. The van der Waals surface area contributed by atoms with Gasteiger partial charge in [0, 0.05) is 5.92 Å². The molecule has 1 saturated carbocycles. The molecular weight excluding hydrogens is 411 g/mol. The molecule has 0 N–H and O–H groups in total. The van der Waals surface area contributed by atoms with Crippen LogP contribution in [0, 0.1) is 11.8 Å². The van der Waals surface area contributed by atoms with Crippen LogP contribution in [0.15, 0.2) is 103 Å². The Labute approximate surface area is 173 Å². The summed E-state index contributed by atoms with van der Waals surface area (Å²) in [5, 5.41) is 4.59. The fourth-order valence-corrected chi connectivity index (χ4v) is 10.6. The molecule has 2 bridgehead atoms. The Morgan fingerprint density at radius 3 is 1.33 bits per heavy atom. The highest BCUT2D eigenvalue weighted by Crippen LogP contribution is 2.67. The molecule has 0 nitrogen and oxygen atoms in total. The molecule has 0 aliphatic heterocycles. The molecule has 136 valence electrons. The molecule has 3 aromatic carbocycles. The van der Waals surface area contributed by atoms with Crippen LogP contribution in [-0.2, 0) is 0 Å². The van der Waals surface area contributed by atoms with Crippen molar-refractivity contribution >= 4 is 23.2 Å². The molecule has 0 heterocycles. The van der Waals surface area contributed by atoms with Crippen molar-refractivity contribution in [3.05, 3.63) is 103 Å². The predicted molar refractivity (Wildman–Crippen MR) is 114 cm³/mol. The Morgan fingerprint density at radius 2 is 1.00 bits per heavy atom. The third-order valence-corrected chi connectivity index (χ3v) is 11.2. The summed E-state index contributed by atoms with van der Waals surface area (Å²) >= 11 is 0. The Kier molecular flexibility index (Phi) is 5.35. The molecule has 3 atom stereocenters. The highest BCUT2D eigenvalue weighted by Gasteiger charge is 2.58. The molecule has 5 rings (SSSR count). The van der Waals surface area contributed by atoms with Gasteiger partial charge in [-0.3, -0.25) is 0 Å². The van der Waals surface area contributed by atoms with Gasteiger partial charge >= 0.3 is 0 Å². The minimum absolute atomic E-state index is 0. The molecular formula is C25H24BrP. The Morgan fingerprint density at radius 1 is 0.556 bits per heavy atom. The lowest BCUT2D eigenvalue weighted by Gasteiger charge is -2.36. The standard InChI is InChI=1S/C25H24P.BrH/c1-4-10-22(11-5-1)26(23-12-6-2-7-13-23,24-14-8-3-9-15-24)25-19-20-16-17-21(25)18-20;/h1-17,20-21,25H,18-19H2;1H/q+1;/p-1/t20-,21+,25?;/m1./s1. The van der Waals surface area contributed by atoms with E-state index < -0.39 is 7.26 Å². The zero-order valence-electron chi connectivity index (χ0n) is 15.3. The van der Waals surface area contributed by atoms with Gasteiger partial charge in [-0.05, 0) is 55.2 Å². The average Bonchev–Trinajstić information content (AvgIpc) is 3.35. The van der Waals surface area contributed by atoms with E-state index in [2.05, 4.69) is 103 Å².